The first-order chi connectivity index (χ1) is 9.81. The second-order valence-corrected chi connectivity index (χ2v) is 5.72. The molecular formula is C15H23N3O3. The Bertz CT molecular complexity index is 501. The van der Waals surface area contributed by atoms with Gasteiger partial charge in [0.05, 0.1) is 11.0 Å². The van der Waals surface area contributed by atoms with Gasteiger partial charge in [0.15, 0.2) is 0 Å². The number of non-ortho nitro benzene ring substituents is 1. The number of benzene rings is 1. The van der Waals surface area contributed by atoms with Crippen LogP contribution in [0.5, 0.6) is 0 Å². The minimum atomic E-state index is -0.417. The van der Waals surface area contributed by atoms with Crippen molar-refractivity contribution in [2.45, 2.75) is 32.9 Å². The number of rotatable bonds is 7. The van der Waals surface area contributed by atoms with Gasteiger partial charge in [-0.3, -0.25) is 14.9 Å². The van der Waals surface area contributed by atoms with Crippen LogP contribution in [0.25, 0.3) is 0 Å². The number of likely N-dealkylation sites (N-methyl/N-ethyl adjacent to an activating group) is 1. The van der Waals surface area contributed by atoms with Gasteiger partial charge in [0.1, 0.15) is 0 Å². The molecule has 0 bridgehead atoms. The summed E-state index contributed by atoms with van der Waals surface area (Å²) in [7, 11) is 3.45. The van der Waals surface area contributed by atoms with Gasteiger partial charge in [-0.05, 0) is 17.9 Å². The summed E-state index contributed by atoms with van der Waals surface area (Å²) in [5.41, 5.74) is 0.859. The van der Waals surface area contributed by atoms with Gasteiger partial charge in [-0.15, -0.1) is 0 Å². The van der Waals surface area contributed by atoms with E-state index in [1.54, 1.807) is 25.1 Å². The summed E-state index contributed by atoms with van der Waals surface area (Å²) in [6.45, 7) is 4.55. The van der Waals surface area contributed by atoms with Crippen molar-refractivity contribution in [2.75, 3.05) is 14.1 Å². The first kappa shape index (κ1) is 17.1. The van der Waals surface area contributed by atoms with Gasteiger partial charge in [0, 0.05) is 32.8 Å². The van der Waals surface area contributed by atoms with Crippen molar-refractivity contribution < 1.29 is 9.72 Å². The highest BCUT2D eigenvalue weighted by molar-refractivity contribution is 5.81. The summed E-state index contributed by atoms with van der Waals surface area (Å²) in [6.07, 6.45) is 0.728. The van der Waals surface area contributed by atoms with E-state index in [1.165, 1.54) is 12.1 Å². The lowest BCUT2D eigenvalue weighted by Crippen LogP contribution is -2.44. The standard InChI is InChI=1S/C15H23N3O3/c1-11(2)8-14(15(19)17(3)4)16-10-12-6-5-7-13(9-12)18(20)21/h5-7,9,11,14,16H,8,10H2,1-4H3. The van der Waals surface area contributed by atoms with Gasteiger partial charge < -0.3 is 10.2 Å². The zero-order valence-corrected chi connectivity index (χ0v) is 13.0. The maximum Gasteiger partial charge on any atom is 0.269 e. The van der Waals surface area contributed by atoms with Crippen molar-refractivity contribution in [1.82, 2.24) is 10.2 Å². The van der Waals surface area contributed by atoms with Crippen LogP contribution in [-0.4, -0.2) is 35.9 Å². The van der Waals surface area contributed by atoms with Gasteiger partial charge in [-0.2, -0.15) is 0 Å². The van der Waals surface area contributed by atoms with E-state index < -0.39 is 4.92 Å². The molecule has 1 N–H and O–H groups in total. The van der Waals surface area contributed by atoms with Crippen LogP contribution >= 0.6 is 0 Å². The van der Waals surface area contributed by atoms with Crippen LogP contribution in [-0.2, 0) is 11.3 Å². The Kier molecular flexibility index (Phi) is 6.30. The SMILES string of the molecule is CC(C)CC(NCc1cccc([N+](=O)[O-])c1)C(=O)N(C)C. The van der Waals surface area contributed by atoms with E-state index in [0.717, 1.165) is 12.0 Å². The molecule has 1 atom stereocenters. The predicted molar refractivity (Wildman–Crippen MR) is 81.9 cm³/mol. The van der Waals surface area contributed by atoms with Crippen LogP contribution in [0, 0.1) is 16.0 Å². The minimum absolute atomic E-state index is 0.0223. The monoisotopic (exact) mass is 293 g/mol. The Morgan fingerprint density at radius 3 is 2.57 bits per heavy atom. The highest BCUT2D eigenvalue weighted by Crippen LogP contribution is 2.14. The van der Waals surface area contributed by atoms with Gasteiger partial charge in [0.25, 0.3) is 5.69 Å². The molecule has 1 rings (SSSR count). The number of nitrogens with one attached hydrogen (secondary N) is 1. The van der Waals surface area contributed by atoms with Crippen LogP contribution in [0.15, 0.2) is 24.3 Å². The third-order valence-corrected chi connectivity index (χ3v) is 3.12. The number of nitro benzene ring substituents is 1. The fraction of sp³-hybridized carbons (Fsp3) is 0.533. The van der Waals surface area contributed by atoms with E-state index >= 15 is 0 Å². The van der Waals surface area contributed by atoms with E-state index in [2.05, 4.69) is 19.2 Å². The Morgan fingerprint density at radius 2 is 2.05 bits per heavy atom. The van der Waals surface area contributed by atoms with Crippen molar-refractivity contribution in [1.29, 1.82) is 0 Å². The van der Waals surface area contributed by atoms with Crippen molar-refractivity contribution in [3.05, 3.63) is 39.9 Å². The van der Waals surface area contributed by atoms with E-state index in [9.17, 15) is 14.9 Å². The third-order valence-electron chi connectivity index (χ3n) is 3.12. The van der Waals surface area contributed by atoms with Crippen LogP contribution in [0.4, 0.5) is 5.69 Å². The lowest BCUT2D eigenvalue weighted by molar-refractivity contribution is -0.384. The molecule has 0 radical (unpaired) electrons. The summed E-state index contributed by atoms with van der Waals surface area (Å²) in [4.78, 5) is 24.0. The van der Waals surface area contributed by atoms with Gasteiger partial charge in [-0.1, -0.05) is 26.0 Å². The smallest absolute Gasteiger partial charge is 0.269 e. The third kappa shape index (κ3) is 5.51. The normalized spacial score (nSPS) is 12.2. The van der Waals surface area contributed by atoms with Gasteiger partial charge in [0.2, 0.25) is 5.91 Å². The fourth-order valence-corrected chi connectivity index (χ4v) is 2.08. The summed E-state index contributed by atoms with van der Waals surface area (Å²) >= 11 is 0. The molecule has 0 saturated carbocycles. The summed E-state index contributed by atoms with van der Waals surface area (Å²) in [6, 6.07) is 6.17. The number of carbonyl (C=O) groups excluding carboxylic acids is 1. The summed E-state index contributed by atoms with van der Waals surface area (Å²) < 4.78 is 0. The molecule has 0 fully saturated rings. The van der Waals surface area contributed by atoms with Gasteiger partial charge in [-0.25, -0.2) is 0 Å². The van der Waals surface area contributed by atoms with Crippen molar-refractivity contribution in [3.8, 4) is 0 Å². The number of hydrogen-bond donors (Lipinski definition) is 1. The number of nitro groups is 1. The van der Waals surface area contributed by atoms with Crippen LogP contribution in [0.3, 0.4) is 0 Å². The zero-order valence-electron chi connectivity index (χ0n) is 13.0. The Labute approximate surface area is 125 Å². The molecule has 6 heteroatoms. The van der Waals surface area contributed by atoms with Crippen molar-refractivity contribution >= 4 is 11.6 Å². The molecule has 0 spiro atoms. The molecule has 1 amide bonds. The second kappa shape index (κ2) is 7.73. The minimum Gasteiger partial charge on any atom is -0.347 e. The highest BCUT2D eigenvalue weighted by Gasteiger charge is 2.20. The topological polar surface area (TPSA) is 75.5 Å². The Balaban J connectivity index is 2.74. The van der Waals surface area contributed by atoms with Crippen LogP contribution < -0.4 is 5.32 Å². The highest BCUT2D eigenvalue weighted by atomic mass is 16.6. The maximum absolute atomic E-state index is 12.1. The molecule has 0 aliphatic heterocycles. The maximum atomic E-state index is 12.1. The number of nitrogens with zero attached hydrogens (tertiary/aromatic N) is 2. The van der Waals surface area contributed by atoms with E-state index in [1.807, 2.05) is 6.07 Å². The molecule has 0 aliphatic rings. The molecular weight excluding hydrogens is 270 g/mol. The van der Waals surface area contributed by atoms with Gasteiger partial charge >= 0.3 is 0 Å². The Hall–Kier alpha value is -1.95. The molecule has 1 aromatic carbocycles. The summed E-state index contributed by atoms with van der Waals surface area (Å²) in [5, 5.41) is 14.0. The molecule has 0 saturated heterocycles. The number of amides is 1. The molecule has 116 valence electrons. The fourth-order valence-electron chi connectivity index (χ4n) is 2.08. The predicted octanol–water partition coefficient (Wildman–Crippen LogP) is 2.19. The summed E-state index contributed by atoms with van der Waals surface area (Å²) in [5.74, 6) is 0.408. The molecule has 0 aliphatic carbocycles. The molecule has 6 nitrogen and oxygen atoms in total. The van der Waals surface area contributed by atoms with Crippen LogP contribution in [0.2, 0.25) is 0 Å². The molecule has 21 heavy (non-hydrogen) atoms. The van der Waals surface area contributed by atoms with E-state index in [-0.39, 0.29) is 17.6 Å². The van der Waals surface area contributed by atoms with Crippen molar-refractivity contribution in [3.63, 3.8) is 0 Å². The average Bonchev–Trinajstić information content (AvgIpc) is 2.42. The zero-order chi connectivity index (χ0) is 16.0. The molecule has 1 aromatic rings. The van der Waals surface area contributed by atoms with Crippen molar-refractivity contribution in [2.24, 2.45) is 5.92 Å². The quantitative estimate of drug-likeness (QED) is 0.617. The van der Waals surface area contributed by atoms with E-state index in [0.29, 0.717) is 12.5 Å². The molecule has 0 heterocycles. The first-order valence-corrected chi connectivity index (χ1v) is 6.99. The number of carbonyl (C=O) groups is 1. The number of hydrogen-bond acceptors (Lipinski definition) is 4. The first-order valence-electron chi connectivity index (χ1n) is 6.99. The largest absolute Gasteiger partial charge is 0.347 e. The lowest BCUT2D eigenvalue weighted by Gasteiger charge is -2.23. The second-order valence-electron chi connectivity index (χ2n) is 5.72. The Morgan fingerprint density at radius 1 is 1.38 bits per heavy atom. The molecule has 1 unspecified atom stereocenters. The lowest BCUT2D eigenvalue weighted by atomic mass is 10.0. The van der Waals surface area contributed by atoms with E-state index in [4.69, 9.17) is 0 Å². The average molecular weight is 293 g/mol. The van der Waals surface area contributed by atoms with Crippen LogP contribution in [0.1, 0.15) is 25.8 Å². The molecule has 0 aromatic heterocycles.